The Bertz CT molecular complexity index is 1180. The van der Waals surface area contributed by atoms with Gasteiger partial charge in [0, 0.05) is 37.5 Å². The minimum atomic E-state index is -1.07. The SMILES string of the molecule is CC(C)(O)C1(C)Cc2cc(NC(=O)c3cnn4cccnc34)c(N3CCOCC3)nc2O1. The number of rotatable bonds is 4. The van der Waals surface area contributed by atoms with Gasteiger partial charge in [0.1, 0.15) is 11.2 Å². The first kappa shape index (κ1) is 20.7. The highest BCUT2D eigenvalue weighted by Gasteiger charge is 2.47. The summed E-state index contributed by atoms with van der Waals surface area (Å²) in [6.45, 7) is 7.77. The van der Waals surface area contributed by atoms with E-state index in [4.69, 9.17) is 14.5 Å². The van der Waals surface area contributed by atoms with Crippen molar-refractivity contribution in [3.63, 3.8) is 0 Å². The maximum atomic E-state index is 13.2. The molecule has 3 aromatic rings. The summed E-state index contributed by atoms with van der Waals surface area (Å²) in [6, 6.07) is 3.64. The van der Waals surface area contributed by atoms with Gasteiger partial charge in [-0.1, -0.05) is 0 Å². The number of hydrogen-bond donors (Lipinski definition) is 2. The van der Waals surface area contributed by atoms with Crippen molar-refractivity contribution >= 4 is 23.1 Å². The van der Waals surface area contributed by atoms with Gasteiger partial charge in [0.2, 0.25) is 5.88 Å². The third kappa shape index (κ3) is 3.45. The molecule has 3 aromatic heterocycles. The van der Waals surface area contributed by atoms with Crippen LogP contribution in [0.1, 0.15) is 36.7 Å². The number of aromatic nitrogens is 4. The van der Waals surface area contributed by atoms with Crippen molar-refractivity contribution in [3.05, 3.63) is 41.9 Å². The summed E-state index contributed by atoms with van der Waals surface area (Å²) in [6.07, 6.45) is 5.34. The zero-order valence-corrected chi connectivity index (χ0v) is 18.3. The lowest BCUT2D eigenvalue weighted by atomic mass is 9.84. The van der Waals surface area contributed by atoms with Gasteiger partial charge < -0.3 is 24.8 Å². The molecule has 1 atom stereocenters. The Kier molecular flexibility index (Phi) is 4.79. The Morgan fingerprint density at radius 2 is 2.09 bits per heavy atom. The van der Waals surface area contributed by atoms with Crippen LogP contribution in [-0.2, 0) is 11.2 Å². The molecule has 5 heterocycles. The van der Waals surface area contributed by atoms with Crippen molar-refractivity contribution < 1.29 is 19.4 Å². The Morgan fingerprint density at radius 1 is 1.31 bits per heavy atom. The van der Waals surface area contributed by atoms with Crippen LogP contribution in [0.5, 0.6) is 5.88 Å². The molecular weight excluding hydrogens is 412 g/mol. The largest absolute Gasteiger partial charge is 0.468 e. The molecule has 1 fully saturated rings. The molecule has 10 nitrogen and oxygen atoms in total. The average Bonchev–Trinajstić information content (AvgIpc) is 3.34. The van der Waals surface area contributed by atoms with Gasteiger partial charge in [0.15, 0.2) is 11.5 Å². The molecule has 2 aliphatic heterocycles. The van der Waals surface area contributed by atoms with Gasteiger partial charge >= 0.3 is 0 Å². The second-order valence-electron chi connectivity index (χ2n) is 8.89. The van der Waals surface area contributed by atoms with Gasteiger partial charge in [-0.2, -0.15) is 10.1 Å². The molecule has 5 rings (SSSR count). The molecule has 2 aliphatic rings. The van der Waals surface area contributed by atoms with Gasteiger partial charge in [0.05, 0.1) is 30.7 Å². The second kappa shape index (κ2) is 7.42. The van der Waals surface area contributed by atoms with E-state index >= 15 is 0 Å². The number of carbonyl (C=O) groups is 1. The summed E-state index contributed by atoms with van der Waals surface area (Å²) < 4.78 is 13.2. The second-order valence-corrected chi connectivity index (χ2v) is 8.89. The van der Waals surface area contributed by atoms with Gasteiger partial charge in [-0.3, -0.25) is 4.79 Å². The number of nitrogens with zero attached hydrogens (tertiary/aromatic N) is 5. The van der Waals surface area contributed by atoms with Crippen molar-refractivity contribution in [2.45, 2.75) is 38.4 Å². The van der Waals surface area contributed by atoms with Crippen LogP contribution in [-0.4, -0.2) is 68.1 Å². The van der Waals surface area contributed by atoms with Gasteiger partial charge in [0.25, 0.3) is 5.91 Å². The lowest BCUT2D eigenvalue weighted by molar-refractivity contribution is -0.0914. The summed E-state index contributed by atoms with van der Waals surface area (Å²) in [7, 11) is 0. The molecule has 0 bridgehead atoms. The summed E-state index contributed by atoms with van der Waals surface area (Å²) in [5.41, 5.74) is 0.370. The van der Waals surface area contributed by atoms with E-state index < -0.39 is 11.2 Å². The van der Waals surface area contributed by atoms with Crippen LogP contribution in [0.25, 0.3) is 5.65 Å². The molecule has 0 spiro atoms. The van der Waals surface area contributed by atoms with E-state index in [-0.39, 0.29) is 5.91 Å². The molecular formula is C22H26N6O4. The number of hydrogen-bond acceptors (Lipinski definition) is 8. The van der Waals surface area contributed by atoms with Crippen LogP contribution in [0, 0.1) is 0 Å². The van der Waals surface area contributed by atoms with Crippen LogP contribution in [0.2, 0.25) is 0 Å². The van der Waals surface area contributed by atoms with Crippen LogP contribution < -0.4 is 15.0 Å². The minimum absolute atomic E-state index is 0.320. The zero-order chi connectivity index (χ0) is 22.5. The zero-order valence-electron chi connectivity index (χ0n) is 18.3. The van der Waals surface area contributed by atoms with E-state index in [0.717, 1.165) is 5.56 Å². The maximum absolute atomic E-state index is 13.2. The Balaban J connectivity index is 1.52. The predicted molar refractivity (Wildman–Crippen MR) is 117 cm³/mol. The fraction of sp³-hybridized carbons (Fsp3) is 0.455. The number of amides is 1. The summed E-state index contributed by atoms with van der Waals surface area (Å²) in [5, 5.41) is 17.8. The smallest absolute Gasteiger partial charge is 0.261 e. The highest BCUT2D eigenvalue weighted by molar-refractivity contribution is 6.09. The molecule has 1 unspecified atom stereocenters. The van der Waals surface area contributed by atoms with Crippen LogP contribution in [0.3, 0.4) is 0 Å². The third-order valence-electron chi connectivity index (χ3n) is 6.27. The summed E-state index contributed by atoms with van der Waals surface area (Å²) in [5.74, 6) is 0.774. The number of morpholine rings is 1. The van der Waals surface area contributed by atoms with E-state index in [1.165, 1.54) is 6.20 Å². The van der Waals surface area contributed by atoms with Crippen molar-refractivity contribution in [1.29, 1.82) is 0 Å². The monoisotopic (exact) mass is 438 g/mol. The molecule has 1 amide bonds. The van der Waals surface area contributed by atoms with E-state index in [9.17, 15) is 9.90 Å². The molecule has 0 saturated carbocycles. The third-order valence-corrected chi connectivity index (χ3v) is 6.27. The Hall–Kier alpha value is -3.24. The number of anilines is 2. The average molecular weight is 438 g/mol. The molecule has 0 aliphatic carbocycles. The quantitative estimate of drug-likeness (QED) is 0.632. The fourth-order valence-corrected chi connectivity index (χ4v) is 3.98. The van der Waals surface area contributed by atoms with E-state index in [1.54, 1.807) is 36.8 Å². The van der Waals surface area contributed by atoms with E-state index in [1.807, 2.05) is 13.0 Å². The number of aliphatic hydroxyl groups is 1. The number of fused-ring (bicyclic) bond motifs is 2. The molecule has 32 heavy (non-hydrogen) atoms. The first-order valence-corrected chi connectivity index (χ1v) is 10.6. The molecule has 1 saturated heterocycles. The van der Waals surface area contributed by atoms with Crippen molar-refractivity contribution in [2.75, 3.05) is 36.5 Å². The molecule has 10 heteroatoms. The van der Waals surface area contributed by atoms with Crippen molar-refractivity contribution in [1.82, 2.24) is 19.6 Å². The minimum Gasteiger partial charge on any atom is -0.468 e. The first-order valence-electron chi connectivity index (χ1n) is 10.6. The van der Waals surface area contributed by atoms with Gasteiger partial charge in [-0.15, -0.1) is 0 Å². The molecule has 168 valence electrons. The van der Waals surface area contributed by atoms with Crippen LogP contribution in [0.4, 0.5) is 11.5 Å². The van der Waals surface area contributed by atoms with Crippen molar-refractivity contribution in [3.8, 4) is 5.88 Å². The normalized spacial score (nSPS) is 20.8. The Morgan fingerprint density at radius 3 is 2.84 bits per heavy atom. The van der Waals surface area contributed by atoms with E-state index in [2.05, 4.69) is 20.3 Å². The lowest BCUT2D eigenvalue weighted by Crippen LogP contribution is -2.51. The summed E-state index contributed by atoms with van der Waals surface area (Å²) in [4.78, 5) is 24.3. The highest BCUT2D eigenvalue weighted by atomic mass is 16.5. The van der Waals surface area contributed by atoms with Gasteiger partial charge in [-0.25, -0.2) is 9.50 Å². The summed E-state index contributed by atoms with van der Waals surface area (Å²) >= 11 is 0. The number of carbonyl (C=O) groups excluding carboxylic acids is 1. The highest BCUT2D eigenvalue weighted by Crippen LogP contribution is 2.43. The molecule has 0 radical (unpaired) electrons. The predicted octanol–water partition coefficient (Wildman–Crippen LogP) is 1.68. The van der Waals surface area contributed by atoms with Crippen LogP contribution >= 0.6 is 0 Å². The van der Waals surface area contributed by atoms with E-state index in [0.29, 0.717) is 61.3 Å². The molecule has 2 N–H and O–H groups in total. The topological polar surface area (TPSA) is 114 Å². The number of pyridine rings is 1. The number of ether oxygens (including phenoxy) is 2. The van der Waals surface area contributed by atoms with Crippen LogP contribution in [0.15, 0.2) is 30.7 Å². The lowest BCUT2D eigenvalue weighted by Gasteiger charge is -2.35. The van der Waals surface area contributed by atoms with Gasteiger partial charge in [-0.05, 0) is 32.9 Å². The molecule has 0 aromatic carbocycles. The van der Waals surface area contributed by atoms with Crippen molar-refractivity contribution in [2.24, 2.45) is 0 Å². The fourth-order valence-electron chi connectivity index (χ4n) is 3.98. The first-order chi connectivity index (χ1) is 15.2. The maximum Gasteiger partial charge on any atom is 0.261 e. The number of nitrogens with one attached hydrogen (secondary N) is 1. The Labute approximate surface area is 185 Å². The standard InChI is InChI=1S/C22H26N6O4/c1-21(2,30)22(3)12-14-11-16(18(26-20(14)32-22)27-7-9-31-10-8-27)25-19(29)15-13-24-28-6-4-5-23-17(15)28/h4-6,11,13,30H,7-10,12H2,1-3H3,(H,25,29).